The summed E-state index contributed by atoms with van der Waals surface area (Å²) in [5.41, 5.74) is 1.92. The molecule has 5 nitrogen and oxygen atoms in total. The van der Waals surface area contributed by atoms with Gasteiger partial charge in [-0.1, -0.05) is 30.3 Å². The molecule has 0 N–H and O–H groups in total. The van der Waals surface area contributed by atoms with Gasteiger partial charge in [0.15, 0.2) is 6.10 Å². The molecule has 1 saturated heterocycles. The van der Waals surface area contributed by atoms with E-state index in [4.69, 9.17) is 4.74 Å². The second-order valence-corrected chi connectivity index (χ2v) is 8.52. The van der Waals surface area contributed by atoms with Crippen LogP contribution in [0.3, 0.4) is 0 Å². The van der Waals surface area contributed by atoms with Crippen LogP contribution in [0.1, 0.15) is 16.8 Å². The largest absolute Gasteiger partial charge is 0.466 e. The molecule has 0 radical (unpaired) electrons. The van der Waals surface area contributed by atoms with Crippen molar-refractivity contribution in [1.29, 1.82) is 0 Å². The molecule has 1 aliphatic rings. The molecule has 0 aliphatic carbocycles. The zero-order valence-electron chi connectivity index (χ0n) is 16.9. The van der Waals surface area contributed by atoms with Crippen molar-refractivity contribution in [2.45, 2.75) is 18.4 Å². The molecule has 2 aromatic carbocycles. The molecule has 2 aromatic heterocycles. The molecule has 1 aliphatic heterocycles. The number of pyridine rings is 1. The number of halogens is 2. The Morgan fingerprint density at radius 2 is 2.00 bits per heavy atom. The Balaban J connectivity index is 1.36. The number of benzene rings is 2. The van der Waals surface area contributed by atoms with E-state index in [0.717, 1.165) is 16.0 Å². The third-order valence-electron chi connectivity index (χ3n) is 5.48. The van der Waals surface area contributed by atoms with Crippen molar-refractivity contribution in [2.24, 2.45) is 0 Å². The minimum Gasteiger partial charge on any atom is -0.466 e. The number of piperidine rings is 1. The van der Waals surface area contributed by atoms with Crippen LogP contribution < -0.4 is 4.74 Å². The Morgan fingerprint density at radius 1 is 1.12 bits per heavy atom. The van der Waals surface area contributed by atoms with Crippen LogP contribution in [0.15, 0.2) is 72.2 Å². The molecule has 4 aromatic rings. The van der Waals surface area contributed by atoms with Crippen LogP contribution in [0.2, 0.25) is 0 Å². The monoisotopic (exact) mass is 451 g/mol. The van der Waals surface area contributed by atoms with Gasteiger partial charge in [-0.3, -0.25) is 4.79 Å². The van der Waals surface area contributed by atoms with Gasteiger partial charge in [-0.05, 0) is 24.3 Å². The van der Waals surface area contributed by atoms with Gasteiger partial charge in [-0.15, -0.1) is 11.3 Å². The van der Waals surface area contributed by atoms with Gasteiger partial charge in [0.05, 0.1) is 12.1 Å². The normalized spacial score (nSPS) is 17.9. The minimum absolute atomic E-state index is 0.0433. The topological polar surface area (TPSA) is 55.3 Å². The van der Waals surface area contributed by atoms with E-state index >= 15 is 0 Å². The van der Waals surface area contributed by atoms with Crippen molar-refractivity contribution in [3.8, 4) is 16.5 Å². The van der Waals surface area contributed by atoms with Crippen LogP contribution in [0.4, 0.5) is 8.78 Å². The molecular weight excluding hydrogens is 432 g/mol. The summed E-state index contributed by atoms with van der Waals surface area (Å²) in [4.78, 5) is 23.1. The maximum atomic E-state index is 14.7. The summed E-state index contributed by atoms with van der Waals surface area (Å²) in [5, 5.41) is 3.56. The number of ether oxygens (including phenoxy) is 1. The number of amides is 1. The van der Waals surface area contributed by atoms with Crippen LogP contribution in [0.5, 0.6) is 5.88 Å². The summed E-state index contributed by atoms with van der Waals surface area (Å²) in [6.07, 6.45) is -0.247. The maximum Gasteiger partial charge on any atom is 0.287 e. The van der Waals surface area contributed by atoms with Gasteiger partial charge < -0.3 is 9.64 Å². The number of hydrogen-bond acceptors (Lipinski definition) is 5. The standard InChI is InChI=1S/C24H19F2N3O2S/c25-24(26)10-12-29(23(30)18-6-3-5-17(14-18)22-27-11-13-32-22)15-20(24)31-21-9-8-16-4-1-2-7-19(16)28-21/h1-9,11,13-14,20H,10,12,15H2/t20-/m0/s1. The van der Waals surface area contributed by atoms with E-state index in [2.05, 4.69) is 9.97 Å². The van der Waals surface area contributed by atoms with Gasteiger partial charge in [-0.2, -0.15) is 0 Å². The fourth-order valence-electron chi connectivity index (χ4n) is 3.77. The van der Waals surface area contributed by atoms with Crippen molar-refractivity contribution >= 4 is 28.1 Å². The summed E-state index contributed by atoms with van der Waals surface area (Å²) in [6, 6.07) is 17.8. The zero-order chi connectivity index (χ0) is 22.1. The van der Waals surface area contributed by atoms with Crippen molar-refractivity contribution < 1.29 is 18.3 Å². The first kappa shape index (κ1) is 20.5. The van der Waals surface area contributed by atoms with Crippen LogP contribution in [0, 0.1) is 0 Å². The van der Waals surface area contributed by atoms with E-state index in [9.17, 15) is 13.6 Å². The number of carbonyl (C=O) groups excluding carboxylic acids is 1. The molecule has 1 atom stereocenters. The summed E-state index contributed by atoms with van der Waals surface area (Å²) in [7, 11) is 0. The highest BCUT2D eigenvalue weighted by atomic mass is 32.1. The minimum atomic E-state index is -3.06. The number of alkyl halides is 2. The lowest BCUT2D eigenvalue weighted by molar-refractivity contribution is -0.131. The number of carbonyl (C=O) groups is 1. The summed E-state index contributed by atoms with van der Waals surface area (Å²) >= 11 is 1.47. The maximum absolute atomic E-state index is 14.7. The Kier molecular flexibility index (Phi) is 5.30. The lowest BCUT2D eigenvalue weighted by Gasteiger charge is -2.38. The second kappa shape index (κ2) is 8.27. The van der Waals surface area contributed by atoms with Gasteiger partial charge in [0.1, 0.15) is 5.01 Å². The molecule has 8 heteroatoms. The van der Waals surface area contributed by atoms with Gasteiger partial charge in [-0.25, -0.2) is 18.7 Å². The van der Waals surface area contributed by atoms with Crippen molar-refractivity contribution in [1.82, 2.24) is 14.9 Å². The molecule has 0 saturated carbocycles. The smallest absolute Gasteiger partial charge is 0.287 e. The van der Waals surface area contributed by atoms with E-state index in [1.54, 1.807) is 42.6 Å². The summed E-state index contributed by atoms with van der Waals surface area (Å²) in [6.45, 7) is -0.264. The number of rotatable bonds is 4. The van der Waals surface area contributed by atoms with E-state index in [1.165, 1.54) is 16.2 Å². The molecule has 3 heterocycles. The summed E-state index contributed by atoms with van der Waals surface area (Å²) in [5.74, 6) is -3.25. The highest BCUT2D eigenvalue weighted by molar-refractivity contribution is 7.13. The van der Waals surface area contributed by atoms with Crippen LogP contribution in [-0.2, 0) is 0 Å². The highest BCUT2D eigenvalue weighted by Gasteiger charge is 2.47. The van der Waals surface area contributed by atoms with Crippen molar-refractivity contribution in [2.75, 3.05) is 13.1 Å². The number of likely N-dealkylation sites (tertiary alicyclic amines) is 1. The zero-order valence-corrected chi connectivity index (χ0v) is 17.8. The first-order chi connectivity index (χ1) is 15.5. The lowest BCUT2D eigenvalue weighted by Crippen LogP contribution is -2.55. The molecule has 0 unspecified atom stereocenters. The van der Waals surface area contributed by atoms with E-state index < -0.39 is 18.4 Å². The highest BCUT2D eigenvalue weighted by Crippen LogP contribution is 2.33. The van der Waals surface area contributed by atoms with Gasteiger partial charge >= 0.3 is 0 Å². The Hall–Kier alpha value is -3.39. The Labute approximate surface area is 187 Å². The number of fused-ring (bicyclic) bond motifs is 1. The molecule has 0 spiro atoms. The molecule has 1 amide bonds. The van der Waals surface area contributed by atoms with E-state index in [-0.39, 0.29) is 24.9 Å². The average molecular weight is 451 g/mol. The average Bonchev–Trinajstić information content (AvgIpc) is 3.35. The molecular formula is C24H19F2N3O2S. The molecule has 32 heavy (non-hydrogen) atoms. The third kappa shape index (κ3) is 4.05. The predicted octanol–water partition coefficient (Wildman–Crippen LogP) is 5.29. The number of thiazole rings is 1. The van der Waals surface area contributed by atoms with Crippen LogP contribution in [-0.4, -0.2) is 45.9 Å². The van der Waals surface area contributed by atoms with Crippen LogP contribution >= 0.6 is 11.3 Å². The second-order valence-electron chi connectivity index (χ2n) is 7.63. The predicted molar refractivity (Wildman–Crippen MR) is 119 cm³/mol. The summed E-state index contributed by atoms with van der Waals surface area (Å²) < 4.78 is 34.9. The van der Waals surface area contributed by atoms with Gasteiger partial charge in [0, 0.05) is 47.1 Å². The number of aromatic nitrogens is 2. The van der Waals surface area contributed by atoms with Gasteiger partial charge in [0.2, 0.25) is 5.88 Å². The Morgan fingerprint density at radius 3 is 2.84 bits per heavy atom. The first-order valence-electron chi connectivity index (χ1n) is 10.2. The van der Waals surface area contributed by atoms with E-state index in [1.807, 2.05) is 29.6 Å². The van der Waals surface area contributed by atoms with Gasteiger partial charge in [0.25, 0.3) is 11.8 Å². The molecule has 5 rings (SSSR count). The first-order valence-corrected chi connectivity index (χ1v) is 11.1. The number of para-hydroxylation sites is 1. The molecule has 162 valence electrons. The quantitative estimate of drug-likeness (QED) is 0.423. The fraction of sp³-hybridized carbons (Fsp3) is 0.208. The van der Waals surface area contributed by atoms with Crippen molar-refractivity contribution in [3.63, 3.8) is 0 Å². The Bertz CT molecular complexity index is 1260. The van der Waals surface area contributed by atoms with E-state index in [0.29, 0.717) is 11.1 Å². The SMILES string of the molecule is O=C(c1cccc(-c2nccs2)c1)N1CCC(F)(F)[C@@H](Oc2ccc3ccccc3n2)C1. The molecule has 0 bridgehead atoms. The van der Waals surface area contributed by atoms with Crippen molar-refractivity contribution in [3.05, 3.63) is 77.8 Å². The fourth-order valence-corrected chi connectivity index (χ4v) is 4.41. The lowest BCUT2D eigenvalue weighted by atomic mass is 10.0. The van der Waals surface area contributed by atoms with Crippen LogP contribution in [0.25, 0.3) is 21.5 Å². The number of nitrogens with zero attached hydrogens (tertiary/aromatic N) is 3. The number of hydrogen-bond donors (Lipinski definition) is 0. The molecule has 1 fully saturated rings. The third-order valence-corrected chi connectivity index (χ3v) is 6.31.